The fourth-order valence-electron chi connectivity index (χ4n) is 0. The molecule has 0 heterocycles. The molecule has 0 aromatic rings. The Kier molecular flexibility index (Phi) is 22.8. The molecule has 0 aromatic heterocycles. The minimum absolute atomic E-state index is 0. The predicted molar refractivity (Wildman–Crippen MR) is 34.4 cm³/mol. The van der Waals surface area contributed by atoms with E-state index in [0.29, 0.717) is 0 Å². The Hall–Kier alpha value is 0.886. The number of halogens is 1. The summed E-state index contributed by atoms with van der Waals surface area (Å²) < 4.78 is 31.6. The van der Waals surface area contributed by atoms with E-state index in [0.717, 1.165) is 0 Å². The summed E-state index contributed by atoms with van der Waals surface area (Å²) in [6.07, 6.45) is 0. The summed E-state index contributed by atoms with van der Waals surface area (Å²) in [4.78, 5) is 0. The van der Waals surface area contributed by atoms with Gasteiger partial charge in [-0.05, 0) is 0 Å². The van der Waals surface area contributed by atoms with E-state index in [1.165, 1.54) is 0 Å². The van der Waals surface area contributed by atoms with Crippen LogP contribution >= 0.6 is 12.4 Å². The second kappa shape index (κ2) is 7.89. The fraction of sp³-hybridized carbons (Fsp3) is 0. The van der Waals surface area contributed by atoms with Crippen LogP contribution in [0.15, 0.2) is 0 Å². The van der Waals surface area contributed by atoms with Gasteiger partial charge in [0.05, 0.1) is 0 Å². The molecule has 0 rings (SSSR count). The molecule has 0 spiro atoms. The second-order valence-electron chi connectivity index (χ2n) is 0.448. The zero-order valence-corrected chi connectivity index (χ0v) is 6.99. The Morgan fingerprint density at radius 2 is 1.25 bits per heavy atom. The first-order valence-corrected chi connectivity index (χ1v) is 2.10. The van der Waals surface area contributed by atoms with Gasteiger partial charge in [0.15, 0.2) is 0 Å². The molecule has 0 saturated carbocycles. The summed E-state index contributed by atoms with van der Waals surface area (Å²) >= 11 is 0. The van der Waals surface area contributed by atoms with Gasteiger partial charge in [-0.25, -0.2) is 0 Å². The fourth-order valence-corrected chi connectivity index (χ4v) is 0. The maximum atomic E-state index is 8.74. The topological polar surface area (TPSA) is 110 Å². The van der Waals surface area contributed by atoms with Crippen LogP contribution in [-0.4, -0.2) is 40.6 Å². The molecule has 0 amide bonds. The standard InChI is InChI=1S/ClH.Mg.H3N.H2O4S.2H/c;;;1-5(2,3)4;;/h1H;;1H3;(H2,1,2,3,4);;/q;+2;;;2*-1. The van der Waals surface area contributed by atoms with Gasteiger partial charge in [0.25, 0.3) is 0 Å². The monoisotopic (exact) mass is 177 g/mol. The van der Waals surface area contributed by atoms with Crippen LogP contribution in [-0.2, 0) is 10.4 Å². The first-order valence-electron chi connectivity index (χ1n) is 0.698. The summed E-state index contributed by atoms with van der Waals surface area (Å²) in [5.41, 5.74) is 0. The summed E-state index contributed by atoms with van der Waals surface area (Å²) in [5.74, 6) is 0. The van der Waals surface area contributed by atoms with E-state index in [2.05, 4.69) is 0 Å². The molecule has 0 radical (unpaired) electrons. The maximum absolute atomic E-state index is 8.74. The van der Waals surface area contributed by atoms with E-state index in [-0.39, 0.29) is 44.5 Å². The SMILES string of the molecule is Cl.N.O=S(=O)(O)O.[H-].[H-].[Mg+2]. The summed E-state index contributed by atoms with van der Waals surface area (Å²) in [5, 5.41) is 0. The molecule has 0 fully saturated rings. The average molecular weight is 178 g/mol. The van der Waals surface area contributed by atoms with E-state index in [4.69, 9.17) is 17.5 Å². The van der Waals surface area contributed by atoms with Gasteiger partial charge in [0.2, 0.25) is 0 Å². The first kappa shape index (κ1) is 23.1. The van der Waals surface area contributed by atoms with Crippen LogP contribution in [0.1, 0.15) is 2.85 Å². The van der Waals surface area contributed by atoms with Crippen molar-refractivity contribution in [2.45, 2.75) is 0 Å². The van der Waals surface area contributed by atoms with Gasteiger partial charge in [-0.2, -0.15) is 8.42 Å². The van der Waals surface area contributed by atoms with E-state index in [9.17, 15) is 0 Å². The zero-order chi connectivity index (χ0) is 4.50. The molecular formula is H8ClMgNO4S. The Labute approximate surface area is 72.5 Å². The molecule has 0 saturated heterocycles. The van der Waals surface area contributed by atoms with Gasteiger partial charge in [-0.1, -0.05) is 0 Å². The van der Waals surface area contributed by atoms with Crippen molar-refractivity contribution < 1.29 is 20.4 Å². The van der Waals surface area contributed by atoms with E-state index < -0.39 is 10.4 Å². The normalized spacial score (nSPS) is 7.25. The molecule has 0 aromatic carbocycles. The van der Waals surface area contributed by atoms with Gasteiger partial charge >= 0.3 is 33.5 Å². The van der Waals surface area contributed by atoms with Gasteiger partial charge < -0.3 is 9.00 Å². The van der Waals surface area contributed by atoms with Crippen LogP contribution < -0.4 is 6.15 Å². The Bertz CT molecular complexity index is 106. The van der Waals surface area contributed by atoms with Gasteiger partial charge in [-0.3, -0.25) is 9.11 Å². The molecule has 0 aliphatic rings. The van der Waals surface area contributed by atoms with Crippen LogP contribution in [0.2, 0.25) is 0 Å². The van der Waals surface area contributed by atoms with Crippen LogP contribution in [0, 0.1) is 0 Å². The molecule has 8 heteroatoms. The quantitative estimate of drug-likeness (QED) is 0.350. The van der Waals surface area contributed by atoms with E-state index >= 15 is 0 Å². The van der Waals surface area contributed by atoms with Crippen molar-refractivity contribution in [2.75, 3.05) is 0 Å². The zero-order valence-electron chi connectivity index (χ0n) is 5.94. The van der Waals surface area contributed by atoms with Crippen molar-refractivity contribution in [2.24, 2.45) is 0 Å². The van der Waals surface area contributed by atoms with Crippen LogP contribution in [0.4, 0.5) is 0 Å². The summed E-state index contributed by atoms with van der Waals surface area (Å²) in [7, 11) is -4.67. The van der Waals surface area contributed by atoms with Crippen LogP contribution in [0.5, 0.6) is 0 Å². The van der Waals surface area contributed by atoms with Crippen molar-refractivity contribution in [3.63, 3.8) is 0 Å². The van der Waals surface area contributed by atoms with Crippen molar-refractivity contribution in [3.8, 4) is 0 Å². The molecule has 0 aliphatic carbocycles. The minimum Gasteiger partial charge on any atom is -1.00 e. The maximum Gasteiger partial charge on any atom is 2.00 e. The summed E-state index contributed by atoms with van der Waals surface area (Å²) in [6, 6.07) is 0. The van der Waals surface area contributed by atoms with Crippen molar-refractivity contribution >= 4 is 45.9 Å². The predicted octanol–water partition coefficient (Wildman–Crippen LogP) is -0.225. The van der Waals surface area contributed by atoms with Gasteiger partial charge in [0, 0.05) is 0 Å². The summed E-state index contributed by atoms with van der Waals surface area (Å²) in [6.45, 7) is 0. The molecule has 52 valence electrons. The molecular weight excluding hydrogens is 170 g/mol. The molecule has 5 nitrogen and oxygen atoms in total. The van der Waals surface area contributed by atoms with Crippen LogP contribution in [0.3, 0.4) is 0 Å². The molecule has 0 aliphatic heterocycles. The smallest absolute Gasteiger partial charge is 1.00 e. The second-order valence-corrected chi connectivity index (χ2v) is 1.34. The van der Waals surface area contributed by atoms with E-state index in [1.807, 2.05) is 0 Å². The third-order valence-corrected chi connectivity index (χ3v) is 0. The number of rotatable bonds is 0. The van der Waals surface area contributed by atoms with E-state index in [1.54, 1.807) is 0 Å². The minimum atomic E-state index is -4.67. The Morgan fingerprint density at radius 3 is 1.25 bits per heavy atom. The third-order valence-electron chi connectivity index (χ3n) is 0. The number of hydrogen-bond acceptors (Lipinski definition) is 3. The largest absolute Gasteiger partial charge is 2.00 e. The third kappa shape index (κ3) is 304. The van der Waals surface area contributed by atoms with Gasteiger partial charge in [-0.15, -0.1) is 12.4 Å². The average Bonchev–Trinajstić information content (AvgIpc) is 0.722. The molecule has 0 bridgehead atoms. The van der Waals surface area contributed by atoms with Gasteiger partial charge in [0.1, 0.15) is 0 Å². The molecule has 8 heavy (non-hydrogen) atoms. The molecule has 0 atom stereocenters. The number of hydrogen-bond donors (Lipinski definition) is 3. The Balaban J connectivity index is -0.00000000800. The van der Waals surface area contributed by atoms with Crippen LogP contribution in [0.25, 0.3) is 0 Å². The Morgan fingerprint density at radius 1 is 1.25 bits per heavy atom. The first-order chi connectivity index (χ1) is 2.00. The molecule has 0 unspecified atom stereocenters. The van der Waals surface area contributed by atoms with Crippen molar-refractivity contribution in [1.82, 2.24) is 6.15 Å². The van der Waals surface area contributed by atoms with Crippen molar-refractivity contribution in [1.29, 1.82) is 0 Å². The molecule has 5 N–H and O–H groups in total. The van der Waals surface area contributed by atoms with Crippen molar-refractivity contribution in [3.05, 3.63) is 0 Å².